The number of alkyl halides is 3. The van der Waals surface area contributed by atoms with E-state index in [1.54, 1.807) is 32.9 Å². The number of amides is 2. The van der Waals surface area contributed by atoms with Crippen LogP contribution in [0.1, 0.15) is 55.2 Å². The Hall–Kier alpha value is -2.78. The molecule has 2 aromatic carbocycles. The van der Waals surface area contributed by atoms with Gasteiger partial charge in [0, 0.05) is 5.56 Å². The number of fused-ring (bicyclic) bond motifs is 1. The molecule has 0 fully saturated rings. The van der Waals surface area contributed by atoms with Crippen LogP contribution >= 0.6 is 0 Å². The minimum atomic E-state index is -4.91. The second kappa shape index (κ2) is 8.63. The van der Waals surface area contributed by atoms with E-state index in [0.717, 1.165) is 11.1 Å². The van der Waals surface area contributed by atoms with Gasteiger partial charge in [0.25, 0.3) is 0 Å². The van der Waals surface area contributed by atoms with Crippen LogP contribution in [-0.2, 0) is 11.8 Å². The third-order valence-corrected chi connectivity index (χ3v) is 5.55. The number of benzene rings is 2. The van der Waals surface area contributed by atoms with E-state index in [1.165, 1.54) is 19.2 Å². The molecule has 0 bridgehead atoms. The van der Waals surface area contributed by atoms with Crippen molar-refractivity contribution in [2.45, 2.75) is 57.0 Å². The van der Waals surface area contributed by atoms with Gasteiger partial charge in [0.05, 0.1) is 24.9 Å². The Labute approximate surface area is 184 Å². The smallest absolute Gasteiger partial charge is 0.418 e. The minimum Gasteiger partial charge on any atom is -0.494 e. The maximum absolute atomic E-state index is 13.3. The lowest BCUT2D eigenvalue weighted by Crippen LogP contribution is -2.40. The molecule has 2 amide bonds. The van der Waals surface area contributed by atoms with Crippen LogP contribution in [0.3, 0.4) is 0 Å². The molecular formula is C23H27F3N2O4. The Morgan fingerprint density at radius 1 is 1.19 bits per heavy atom. The lowest BCUT2D eigenvalue weighted by Gasteiger charge is -2.26. The molecule has 1 aliphatic rings. The average molecular weight is 452 g/mol. The molecule has 6 nitrogen and oxygen atoms in total. The number of carbonyl (C=O) groups excluding carboxylic acids is 1. The third-order valence-electron chi connectivity index (χ3n) is 5.55. The van der Waals surface area contributed by atoms with Gasteiger partial charge in [0.2, 0.25) is 0 Å². The highest BCUT2D eigenvalue weighted by Crippen LogP contribution is 2.43. The van der Waals surface area contributed by atoms with Crippen molar-refractivity contribution in [3.05, 3.63) is 58.7 Å². The average Bonchev–Trinajstić information content (AvgIpc) is 3.01. The van der Waals surface area contributed by atoms with Crippen LogP contribution in [0.2, 0.25) is 0 Å². The number of rotatable bonds is 4. The molecule has 0 spiro atoms. The van der Waals surface area contributed by atoms with Crippen LogP contribution in [0.25, 0.3) is 0 Å². The quantitative estimate of drug-likeness (QED) is 0.555. The zero-order chi connectivity index (χ0) is 23.8. The van der Waals surface area contributed by atoms with Crippen molar-refractivity contribution in [2.24, 2.45) is 0 Å². The molecule has 0 saturated heterocycles. The number of hydrogen-bond acceptors (Lipinski definition) is 4. The fraction of sp³-hybridized carbons (Fsp3) is 0.435. The highest BCUT2D eigenvalue weighted by molar-refractivity contribution is 5.92. The van der Waals surface area contributed by atoms with Crippen molar-refractivity contribution in [1.82, 2.24) is 5.32 Å². The molecule has 0 radical (unpaired) electrons. The summed E-state index contributed by atoms with van der Waals surface area (Å²) in [7, 11) is 1.17. The van der Waals surface area contributed by atoms with Crippen molar-refractivity contribution < 1.29 is 32.9 Å². The first-order valence-electron chi connectivity index (χ1n) is 10.1. The van der Waals surface area contributed by atoms with Gasteiger partial charge < -0.3 is 25.6 Å². The molecule has 0 saturated carbocycles. The normalized spacial score (nSPS) is 19.3. The van der Waals surface area contributed by atoms with Gasteiger partial charge in [-0.15, -0.1) is 0 Å². The number of aliphatic hydroxyl groups excluding tert-OH is 2. The summed E-state index contributed by atoms with van der Waals surface area (Å²) in [6.45, 7) is 5.40. The third kappa shape index (κ3) is 4.83. The van der Waals surface area contributed by atoms with E-state index in [0.29, 0.717) is 12.0 Å². The standard InChI is InChI=1S/C23H27F3N2O4/c1-22(2,3)13-10-15(20(30)23(24,25)26)19(32-4)17(11-13)28-21(31)27-16-9-12-7-5-6-8-14(12)18(16)29/h5-8,10-11,16,18,20,29-30H,9H2,1-4H3,(H2,27,28,31)/t16-,18+,20+/m1/s1. The summed E-state index contributed by atoms with van der Waals surface area (Å²) in [6, 6.07) is 8.72. The molecule has 174 valence electrons. The Balaban J connectivity index is 1.90. The summed E-state index contributed by atoms with van der Waals surface area (Å²) >= 11 is 0. The Bertz CT molecular complexity index is 1000. The Morgan fingerprint density at radius 3 is 2.41 bits per heavy atom. The molecular weight excluding hydrogens is 425 g/mol. The maximum atomic E-state index is 13.3. The summed E-state index contributed by atoms with van der Waals surface area (Å²) in [5.74, 6) is -0.284. The second-order valence-electron chi connectivity index (χ2n) is 8.89. The van der Waals surface area contributed by atoms with E-state index in [2.05, 4.69) is 10.6 Å². The monoisotopic (exact) mass is 452 g/mol. The van der Waals surface area contributed by atoms with Gasteiger partial charge in [-0.2, -0.15) is 13.2 Å². The molecule has 0 aromatic heterocycles. The molecule has 9 heteroatoms. The molecule has 1 aliphatic carbocycles. The van der Waals surface area contributed by atoms with E-state index >= 15 is 0 Å². The highest BCUT2D eigenvalue weighted by atomic mass is 19.4. The van der Waals surface area contributed by atoms with Crippen molar-refractivity contribution in [3.63, 3.8) is 0 Å². The number of methoxy groups -OCH3 is 1. The second-order valence-corrected chi connectivity index (χ2v) is 8.89. The molecule has 3 rings (SSSR count). The largest absolute Gasteiger partial charge is 0.494 e. The zero-order valence-corrected chi connectivity index (χ0v) is 18.2. The summed E-state index contributed by atoms with van der Waals surface area (Å²) in [5.41, 5.74) is 1.04. The molecule has 4 N–H and O–H groups in total. The van der Waals surface area contributed by atoms with Crippen LogP contribution in [-0.4, -0.2) is 35.6 Å². The molecule has 2 aromatic rings. The fourth-order valence-corrected chi connectivity index (χ4v) is 3.82. The fourth-order valence-electron chi connectivity index (χ4n) is 3.82. The number of hydrogen-bond donors (Lipinski definition) is 4. The van der Waals surface area contributed by atoms with E-state index in [1.807, 2.05) is 12.1 Å². The van der Waals surface area contributed by atoms with Crippen LogP contribution in [0.4, 0.5) is 23.7 Å². The lowest BCUT2D eigenvalue weighted by molar-refractivity contribution is -0.207. The molecule has 0 aliphatic heterocycles. The molecule has 3 atom stereocenters. The van der Waals surface area contributed by atoms with Crippen LogP contribution < -0.4 is 15.4 Å². The lowest BCUT2D eigenvalue weighted by atomic mass is 9.84. The predicted molar refractivity (Wildman–Crippen MR) is 114 cm³/mol. The number of halogens is 3. The number of anilines is 1. The van der Waals surface area contributed by atoms with Gasteiger partial charge in [-0.3, -0.25) is 0 Å². The van der Waals surface area contributed by atoms with E-state index in [9.17, 15) is 28.2 Å². The summed E-state index contributed by atoms with van der Waals surface area (Å²) in [5, 5.41) is 25.6. The molecule has 0 heterocycles. The van der Waals surface area contributed by atoms with Gasteiger partial charge in [-0.25, -0.2) is 4.79 Å². The first-order chi connectivity index (χ1) is 14.8. The van der Waals surface area contributed by atoms with Gasteiger partial charge in [-0.05, 0) is 40.7 Å². The van der Waals surface area contributed by atoms with E-state index in [-0.39, 0.29) is 11.4 Å². The first kappa shape index (κ1) is 23.9. The maximum Gasteiger partial charge on any atom is 0.418 e. The van der Waals surface area contributed by atoms with Crippen LogP contribution in [0, 0.1) is 0 Å². The number of carbonyl (C=O) groups is 1. The molecule has 32 heavy (non-hydrogen) atoms. The number of nitrogens with one attached hydrogen (secondary N) is 2. The number of aliphatic hydroxyl groups is 2. The summed E-state index contributed by atoms with van der Waals surface area (Å²) < 4.78 is 45.0. The van der Waals surface area contributed by atoms with Crippen LogP contribution in [0.5, 0.6) is 5.75 Å². The minimum absolute atomic E-state index is 0.0132. The highest BCUT2D eigenvalue weighted by Gasteiger charge is 2.42. The van der Waals surface area contributed by atoms with Gasteiger partial charge in [-0.1, -0.05) is 45.0 Å². The van der Waals surface area contributed by atoms with Crippen molar-refractivity contribution in [3.8, 4) is 5.75 Å². The molecule has 0 unspecified atom stereocenters. The van der Waals surface area contributed by atoms with E-state index in [4.69, 9.17) is 4.74 Å². The van der Waals surface area contributed by atoms with Gasteiger partial charge in [0.1, 0.15) is 5.75 Å². The summed E-state index contributed by atoms with van der Waals surface area (Å²) in [6.07, 6.45) is -8.18. The van der Waals surface area contributed by atoms with Crippen molar-refractivity contribution >= 4 is 11.7 Å². The topological polar surface area (TPSA) is 90.8 Å². The SMILES string of the molecule is COc1c(NC(=O)N[C@@H]2Cc3ccccc3[C@@H]2O)cc(C(C)(C)C)cc1[C@H](O)C(F)(F)F. The van der Waals surface area contributed by atoms with Gasteiger partial charge in [0.15, 0.2) is 6.10 Å². The Morgan fingerprint density at radius 2 is 1.84 bits per heavy atom. The van der Waals surface area contributed by atoms with E-state index < -0.39 is 41.4 Å². The number of ether oxygens (including phenoxy) is 1. The van der Waals surface area contributed by atoms with Crippen molar-refractivity contribution in [2.75, 3.05) is 12.4 Å². The Kier molecular flexibility index (Phi) is 6.44. The van der Waals surface area contributed by atoms with Crippen LogP contribution in [0.15, 0.2) is 36.4 Å². The predicted octanol–water partition coefficient (Wildman–Crippen LogP) is 4.37. The number of urea groups is 1. The zero-order valence-electron chi connectivity index (χ0n) is 18.2. The van der Waals surface area contributed by atoms with Crippen molar-refractivity contribution in [1.29, 1.82) is 0 Å². The van der Waals surface area contributed by atoms with Gasteiger partial charge >= 0.3 is 12.2 Å². The first-order valence-corrected chi connectivity index (χ1v) is 10.1. The summed E-state index contributed by atoms with van der Waals surface area (Å²) in [4.78, 5) is 12.7.